The summed E-state index contributed by atoms with van der Waals surface area (Å²) in [6.07, 6.45) is 3.32. The molecule has 6 heteroatoms. The first-order valence-electron chi connectivity index (χ1n) is 3.90. The second kappa shape index (κ2) is 9.97. The van der Waals surface area contributed by atoms with Gasteiger partial charge < -0.3 is 15.9 Å². The average Bonchev–Trinajstić information content (AvgIpc) is 2.03. The highest BCUT2D eigenvalue weighted by Crippen LogP contribution is 1.92. The predicted octanol–water partition coefficient (Wildman–Crippen LogP) is 0.846. The molecule has 1 aromatic heterocycles. The normalized spacial score (nSPS) is 7.33. The number of rotatable bonds is 0. The lowest BCUT2D eigenvalue weighted by Gasteiger charge is -1.83. The number of hydrogen-bond acceptors (Lipinski definition) is 4. The van der Waals surface area contributed by atoms with Crippen LogP contribution in [0.25, 0.3) is 0 Å². The van der Waals surface area contributed by atoms with E-state index in [-0.39, 0.29) is 0 Å². The molecule has 1 aromatic rings. The van der Waals surface area contributed by atoms with E-state index in [1.807, 2.05) is 0 Å². The van der Waals surface area contributed by atoms with Gasteiger partial charge in [-0.15, -0.1) is 0 Å². The van der Waals surface area contributed by atoms with Crippen molar-refractivity contribution < 1.29 is 19.8 Å². The molecule has 0 saturated carbocycles. The van der Waals surface area contributed by atoms with E-state index in [9.17, 15) is 0 Å². The highest BCUT2D eigenvalue weighted by atomic mass is 16.4. The molecule has 0 spiro atoms. The average molecular weight is 214 g/mol. The van der Waals surface area contributed by atoms with Crippen LogP contribution in [0.15, 0.2) is 24.5 Å². The molecule has 84 valence electrons. The third kappa shape index (κ3) is 33.5. The van der Waals surface area contributed by atoms with Crippen LogP contribution in [0.1, 0.15) is 13.8 Å². The largest absolute Gasteiger partial charge is 0.481 e. The topological polar surface area (TPSA) is 114 Å². The number of hydrogen-bond donors (Lipinski definition) is 3. The Bertz CT molecular complexity index is 267. The first-order valence-corrected chi connectivity index (χ1v) is 3.90. The van der Waals surface area contributed by atoms with Crippen molar-refractivity contribution >= 4 is 17.6 Å². The smallest absolute Gasteiger partial charge is 0.300 e. The monoisotopic (exact) mass is 214 g/mol. The molecule has 1 heterocycles. The molecule has 0 amide bonds. The minimum absolute atomic E-state index is 0.759. The van der Waals surface area contributed by atoms with Gasteiger partial charge in [0.25, 0.3) is 11.9 Å². The third-order valence-corrected chi connectivity index (χ3v) is 0.706. The number of carboxylic acids is 2. The molecule has 15 heavy (non-hydrogen) atoms. The van der Waals surface area contributed by atoms with E-state index in [1.54, 1.807) is 24.5 Å². The summed E-state index contributed by atoms with van der Waals surface area (Å²) < 4.78 is 0. The number of anilines is 1. The summed E-state index contributed by atoms with van der Waals surface area (Å²) in [6.45, 7) is 2.17. The lowest BCUT2D eigenvalue weighted by atomic mass is 10.4. The van der Waals surface area contributed by atoms with Crippen molar-refractivity contribution in [3.8, 4) is 0 Å². The predicted molar refractivity (Wildman–Crippen MR) is 55.3 cm³/mol. The van der Waals surface area contributed by atoms with Crippen LogP contribution in [0.4, 0.5) is 5.69 Å². The van der Waals surface area contributed by atoms with Crippen LogP contribution < -0.4 is 5.73 Å². The van der Waals surface area contributed by atoms with Crippen molar-refractivity contribution in [1.29, 1.82) is 0 Å². The number of aliphatic carboxylic acids is 2. The summed E-state index contributed by atoms with van der Waals surface area (Å²) in [5, 5.41) is 14.8. The van der Waals surface area contributed by atoms with Gasteiger partial charge in [0, 0.05) is 31.9 Å². The summed E-state index contributed by atoms with van der Waals surface area (Å²) in [7, 11) is 0. The molecule has 0 aromatic carbocycles. The number of carboxylic acid groups (broad SMARTS) is 2. The zero-order valence-corrected chi connectivity index (χ0v) is 8.54. The minimum Gasteiger partial charge on any atom is -0.481 e. The molecule has 0 fully saturated rings. The number of nitrogens with zero attached hydrogens (tertiary/aromatic N) is 1. The fourth-order valence-electron chi connectivity index (χ4n) is 0.363. The van der Waals surface area contributed by atoms with Crippen LogP contribution in [0.5, 0.6) is 0 Å². The van der Waals surface area contributed by atoms with Gasteiger partial charge in [-0.1, -0.05) is 0 Å². The number of nitrogen functional groups attached to an aromatic ring is 1. The number of nitrogens with two attached hydrogens (primary N) is 1. The Hall–Kier alpha value is -2.11. The fraction of sp³-hybridized carbons (Fsp3) is 0.222. The Labute approximate surface area is 87.4 Å². The maximum absolute atomic E-state index is 9.00. The Morgan fingerprint density at radius 1 is 1.13 bits per heavy atom. The van der Waals surface area contributed by atoms with Crippen molar-refractivity contribution in [3.05, 3.63) is 24.5 Å². The van der Waals surface area contributed by atoms with Gasteiger partial charge in [0.2, 0.25) is 0 Å². The molecular formula is C9H14N2O4. The van der Waals surface area contributed by atoms with Crippen LogP contribution in [0, 0.1) is 0 Å². The fourth-order valence-corrected chi connectivity index (χ4v) is 0.363. The lowest BCUT2D eigenvalue weighted by molar-refractivity contribution is -0.135. The Kier molecular flexibility index (Phi) is 10.2. The first kappa shape index (κ1) is 15.4. The molecule has 0 aliphatic rings. The SMILES string of the molecule is CC(=O)O.CC(=O)O.Nc1ccncc1. The van der Waals surface area contributed by atoms with Crippen molar-refractivity contribution in [2.24, 2.45) is 0 Å². The van der Waals surface area contributed by atoms with Gasteiger partial charge in [-0.25, -0.2) is 0 Å². The Balaban J connectivity index is 0. The summed E-state index contributed by atoms with van der Waals surface area (Å²) in [6, 6.07) is 3.50. The van der Waals surface area contributed by atoms with E-state index in [0.717, 1.165) is 19.5 Å². The summed E-state index contributed by atoms with van der Waals surface area (Å²) in [4.78, 5) is 21.8. The van der Waals surface area contributed by atoms with E-state index in [0.29, 0.717) is 0 Å². The lowest BCUT2D eigenvalue weighted by Crippen LogP contribution is -1.81. The van der Waals surface area contributed by atoms with Gasteiger partial charge in [0.05, 0.1) is 0 Å². The molecule has 0 saturated heterocycles. The van der Waals surface area contributed by atoms with Gasteiger partial charge in [0.15, 0.2) is 0 Å². The van der Waals surface area contributed by atoms with Gasteiger partial charge in [0.1, 0.15) is 0 Å². The molecule has 0 aliphatic carbocycles. The second-order valence-corrected chi connectivity index (χ2v) is 2.32. The van der Waals surface area contributed by atoms with E-state index >= 15 is 0 Å². The number of carbonyl (C=O) groups is 2. The summed E-state index contributed by atoms with van der Waals surface area (Å²) in [5.41, 5.74) is 6.08. The van der Waals surface area contributed by atoms with Crippen molar-refractivity contribution in [1.82, 2.24) is 4.98 Å². The summed E-state index contributed by atoms with van der Waals surface area (Å²) in [5.74, 6) is -1.67. The van der Waals surface area contributed by atoms with Crippen LogP contribution in [0.2, 0.25) is 0 Å². The van der Waals surface area contributed by atoms with E-state index in [2.05, 4.69) is 4.98 Å². The van der Waals surface area contributed by atoms with Crippen LogP contribution in [-0.4, -0.2) is 27.1 Å². The van der Waals surface area contributed by atoms with Crippen LogP contribution in [0.3, 0.4) is 0 Å². The number of aromatic nitrogens is 1. The van der Waals surface area contributed by atoms with E-state index in [1.165, 1.54) is 0 Å². The highest BCUT2D eigenvalue weighted by molar-refractivity contribution is 5.63. The molecule has 6 nitrogen and oxygen atoms in total. The summed E-state index contributed by atoms with van der Waals surface area (Å²) >= 11 is 0. The maximum Gasteiger partial charge on any atom is 0.300 e. The third-order valence-electron chi connectivity index (χ3n) is 0.706. The van der Waals surface area contributed by atoms with Gasteiger partial charge in [-0.05, 0) is 12.1 Å². The van der Waals surface area contributed by atoms with E-state index < -0.39 is 11.9 Å². The van der Waals surface area contributed by atoms with Crippen molar-refractivity contribution in [3.63, 3.8) is 0 Å². The minimum atomic E-state index is -0.833. The highest BCUT2D eigenvalue weighted by Gasteiger charge is 1.73. The van der Waals surface area contributed by atoms with Gasteiger partial charge >= 0.3 is 0 Å². The van der Waals surface area contributed by atoms with E-state index in [4.69, 9.17) is 25.5 Å². The van der Waals surface area contributed by atoms with Gasteiger partial charge in [-0.3, -0.25) is 14.6 Å². The quantitative estimate of drug-likeness (QED) is 0.589. The standard InChI is InChI=1S/C5H6N2.2C2H4O2/c6-5-1-3-7-4-2-5;2*1-2(3)4/h1-4H,(H2,6,7);2*1H3,(H,3,4). The molecule has 1 rings (SSSR count). The Morgan fingerprint density at radius 2 is 1.40 bits per heavy atom. The maximum atomic E-state index is 9.00. The molecule has 4 N–H and O–H groups in total. The molecule has 0 aliphatic heterocycles. The first-order chi connectivity index (χ1) is 6.86. The van der Waals surface area contributed by atoms with Crippen molar-refractivity contribution in [2.75, 3.05) is 5.73 Å². The molecule has 0 unspecified atom stereocenters. The Morgan fingerprint density at radius 3 is 1.53 bits per heavy atom. The van der Waals surface area contributed by atoms with Crippen LogP contribution in [-0.2, 0) is 9.59 Å². The molecule has 0 atom stereocenters. The van der Waals surface area contributed by atoms with Gasteiger partial charge in [-0.2, -0.15) is 0 Å². The second-order valence-electron chi connectivity index (χ2n) is 2.32. The zero-order valence-electron chi connectivity index (χ0n) is 8.54. The molecule has 0 radical (unpaired) electrons. The number of pyridine rings is 1. The molecular weight excluding hydrogens is 200 g/mol. The van der Waals surface area contributed by atoms with Crippen molar-refractivity contribution in [2.45, 2.75) is 13.8 Å². The molecule has 0 bridgehead atoms. The van der Waals surface area contributed by atoms with Crippen LogP contribution >= 0.6 is 0 Å². The zero-order chi connectivity index (χ0) is 12.3.